The van der Waals surface area contributed by atoms with Gasteiger partial charge < -0.3 is 14.2 Å². The van der Waals surface area contributed by atoms with Gasteiger partial charge in [-0.3, -0.25) is 9.59 Å². The first-order valence-corrected chi connectivity index (χ1v) is 30.3. The molecular formula is C67H98N2O5. The van der Waals surface area contributed by atoms with Gasteiger partial charge in [0.05, 0.1) is 18.0 Å². The number of ether oxygens (including phenoxy) is 3. The fourth-order valence-electron chi connectivity index (χ4n) is 13.8. The Balaban J connectivity index is 0.716. The lowest BCUT2D eigenvalue weighted by Gasteiger charge is -2.58. The Morgan fingerprint density at radius 1 is 0.635 bits per heavy atom. The number of nitrogens with zero attached hydrogens (tertiary/aromatic N) is 2. The lowest BCUT2D eigenvalue weighted by molar-refractivity contribution is -0.151. The molecule has 3 fully saturated rings. The maximum absolute atomic E-state index is 13.0. The Morgan fingerprint density at radius 3 is 1.86 bits per heavy atom. The second-order valence-corrected chi connectivity index (χ2v) is 24.1. The molecule has 2 aromatic carbocycles. The number of azo groups is 1. The molecule has 406 valence electrons. The summed E-state index contributed by atoms with van der Waals surface area (Å²) in [6.07, 6.45) is 37.5. The normalized spacial score (nSPS) is 24.4. The minimum Gasteiger partial charge on any atom is -0.494 e. The molecule has 7 nitrogen and oxygen atoms in total. The predicted octanol–water partition coefficient (Wildman–Crippen LogP) is 19.2. The van der Waals surface area contributed by atoms with Crippen LogP contribution in [0.3, 0.4) is 0 Å². The van der Waals surface area contributed by atoms with E-state index in [1.165, 1.54) is 96.3 Å². The molecule has 4 aliphatic rings. The number of esters is 2. The highest BCUT2D eigenvalue weighted by atomic mass is 16.5. The van der Waals surface area contributed by atoms with Crippen molar-refractivity contribution >= 4 is 23.3 Å². The van der Waals surface area contributed by atoms with E-state index in [0.717, 1.165) is 143 Å². The van der Waals surface area contributed by atoms with Gasteiger partial charge in [0.2, 0.25) is 0 Å². The van der Waals surface area contributed by atoms with Crippen molar-refractivity contribution in [2.24, 2.45) is 56.6 Å². The van der Waals surface area contributed by atoms with E-state index in [-0.39, 0.29) is 18.0 Å². The highest BCUT2D eigenvalue weighted by Crippen LogP contribution is 2.67. The molecule has 0 unspecified atom stereocenters. The van der Waals surface area contributed by atoms with Crippen molar-refractivity contribution in [1.82, 2.24) is 0 Å². The largest absolute Gasteiger partial charge is 0.494 e. The fraction of sp³-hybridized carbons (Fsp3) is 0.701. The lowest BCUT2D eigenvalue weighted by atomic mass is 9.47. The van der Waals surface area contributed by atoms with Crippen molar-refractivity contribution in [2.75, 3.05) is 6.61 Å². The molecule has 3 saturated carbocycles. The number of unbranched alkanes of at least 4 members (excludes halogenated alkanes) is 15. The van der Waals surface area contributed by atoms with E-state index in [4.69, 9.17) is 14.2 Å². The molecule has 0 bridgehead atoms. The molecule has 8 atom stereocenters. The van der Waals surface area contributed by atoms with E-state index in [1.807, 2.05) is 24.3 Å². The Kier molecular flexibility index (Phi) is 25.2. The maximum atomic E-state index is 13.0. The standard InChI is InChI=1S/C67H98N2O5/c1-7-8-9-28-50-72-57-39-35-55(36-40-57)68-69-56-37-41-58(42-38-56)73-64(70)32-26-24-22-20-18-16-14-12-10-11-13-15-17-19-21-23-25-27-33-65(71)74-59-46-48-66(5)54(51-59)34-43-60-62-45-44-61(53(4)31-29-30-52(2)3)67(62,6)49-47-63(60)66/h34-42,52-53,59-63H,7-9,14-33,43-51H2,1-6H3/t53-,59+,60+,61-,62+,63+,66+,67-/m1/s1. The molecule has 0 amide bonds. The monoisotopic (exact) mass is 1010 g/mol. The molecule has 0 N–H and O–H groups in total. The zero-order valence-corrected chi connectivity index (χ0v) is 47.3. The molecule has 6 rings (SSSR count). The summed E-state index contributed by atoms with van der Waals surface area (Å²) in [5.41, 5.74) is 3.89. The summed E-state index contributed by atoms with van der Waals surface area (Å²) in [6.45, 7) is 15.5. The third kappa shape index (κ3) is 18.7. The third-order valence-corrected chi connectivity index (χ3v) is 18.1. The molecule has 74 heavy (non-hydrogen) atoms. The van der Waals surface area contributed by atoms with Crippen LogP contribution in [0.2, 0.25) is 0 Å². The molecule has 0 saturated heterocycles. The van der Waals surface area contributed by atoms with Gasteiger partial charge in [0, 0.05) is 32.1 Å². The van der Waals surface area contributed by atoms with Gasteiger partial charge in [0.1, 0.15) is 17.6 Å². The van der Waals surface area contributed by atoms with Crippen LogP contribution in [0.25, 0.3) is 0 Å². The van der Waals surface area contributed by atoms with Crippen LogP contribution in [-0.2, 0) is 14.3 Å². The van der Waals surface area contributed by atoms with Gasteiger partial charge in [-0.25, -0.2) is 0 Å². The SMILES string of the molecule is CCCCCCOc1ccc(N=Nc2ccc(OC(=O)CCCCCCCCC#CC#CCCCCCCCCC(=O)O[C@H]3CC[C@@]4(C)C(=CC[C@H]5[C@@H]6CC[C@H]([C@H](C)CCCC(C)C)[C@@]6(C)CC[C@@H]54)C3)cc2)cc1. The van der Waals surface area contributed by atoms with Crippen LogP contribution in [0.15, 0.2) is 70.4 Å². The van der Waals surface area contributed by atoms with Gasteiger partial charge in [-0.2, -0.15) is 10.2 Å². The molecular weight excluding hydrogens is 913 g/mol. The van der Waals surface area contributed by atoms with Gasteiger partial charge in [0.25, 0.3) is 0 Å². The minimum atomic E-state index is -0.203. The summed E-state index contributed by atoms with van der Waals surface area (Å²) < 4.78 is 17.5. The highest BCUT2D eigenvalue weighted by Gasteiger charge is 2.59. The summed E-state index contributed by atoms with van der Waals surface area (Å²) in [5.74, 6) is 18.8. The smallest absolute Gasteiger partial charge is 0.311 e. The van der Waals surface area contributed by atoms with Crippen molar-refractivity contribution in [3.63, 3.8) is 0 Å². The summed E-state index contributed by atoms with van der Waals surface area (Å²) in [7, 11) is 0. The Morgan fingerprint density at radius 2 is 1.23 bits per heavy atom. The molecule has 4 aliphatic carbocycles. The fourth-order valence-corrected chi connectivity index (χ4v) is 13.8. The second-order valence-electron chi connectivity index (χ2n) is 24.1. The molecule has 0 spiro atoms. The number of benzene rings is 2. The number of hydrogen-bond donors (Lipinski definition) is 0. The average Bonchev–Trinajstić information content (AvgIpc) is 3.75. The minimum absolute atomic E-state index is 0.0156. The van der Waals surface area contributed by atoms with Crippen molar-refractivity contribution in [1.29, 1.82) is 0 Å². The maximum Gasteiger partial charge on any atom is 0.311 e. The Labute approximate surface area is 450 Å². The average molecular weight is 1010 g/mol. The molecule has 0 aromatic heterocycles. The number of allylic oxidation sites excluding steroid dienone is 1. The molecule has 0 heterocycles. The number of rotatable bonds is 31. The quantitative estimate of drug-likeness (QED) is 0.0188. The van der Waals surface area contributed by atoms with Crippen LogP contribution in [0.5, 0.6) is 11.5 Å². The number of carbonyl (C=O) groups is 2. The number of fused-ring (bicyclic) bond motifs is 5. The zero-order chi connectivity index (χ0) is 52.4. The van der Waals surface area contributed by atoms with E-state index in [9.17, 15) is 9.59 Å². The summed E-state index contributed by atoms with van der Waals surface area (Å²) in [5, 5.41) is 8.62. The van der Waals surface area contributed by atoms with Gasteiger partial charge in [-0.15, -0.1) is 0 Å². The molecule has 2 aromatic rings. The highest BCUT2D eigenvalue weighted by molar-refractivity contribution is 5.72. The first-order valence-electron chi connectivity index (χ1n) is 30.3. The van der Waals surface area contributed by atoms with E-state index < -0.39 is 0 Å². The van der Waals surface area contributed by atoms with Crippen LogP contribution in [-0.4, -0.2) is 24.6 Å². The summed E-state index contributed by atoms with van der Waals surface area (Å²) in [4.78, 5) is 25.3. The number of hydrogen-bond acceptors (Lipinski definition) is 7. The molecule has 0 aliphatic heterocycles. The Bertz CT molecular complexity index is 2170. The van der Waals surface area contributed by atoms with Gasteiger partial charge in [-0.05, 0) is 184 Å². The van der Waals surface area contributed by atoms with Crippen LogP contribution in [0.4, 0.5) is 11.4 Å². The van der Waals surface area contributed by atoms with Crippen LogP contribution >= 0.6 is 0 Å². The lowest BCUT2D eigenvalue weighted by Crippen LogP contribution is -2.51. The van der Waals surface area contributed by atoms with Crippen LogP contribution in [0.1, 0.15) is 241 Å². The van der Waals surface area contributed by atoms with Gasteiger partial charge in [-0.1, -0.05) is 155 Å². The van der Waals surface area contributed by atoms with Crippen molar-refractivity contribution in [3.05, 3.63) is 60.2 Å². The Hall–Kier alpha value is -4.36. The number of carbonyl (C=O) groups excluding carboxylic acids is 2. The van der Waals surface area contributed by atoms with E-state index in [2.05, 4.69) is 81.5 Å². The van der Waals surface area contributed by atoms with Crippen molar-refractivity contribution in [3.8, 4) is 35.2 Å². The summed E-state index contributed by atoms with van der Waals surface area (Å²) >= 11 is 0. The first-order chi connectivity index (χ1) is 36.0. The topological polar surface area (TPSA) is 86.6 Å². The van der Waals surface area contributed by atoms with Crippen LogP contribution in [0, 0.1) is 70.0 Å². The van der Waals surface area contributed by atoms with Crippen LogP contribution < -0.4 is 9.47 Å². The van der Waals surface area contributed by atoms with E-state index in [0.29, 0.717) is 35.1 Å². The van der Waals surface area contributed by atoms with Crippen molar-refractivity contribution < 1.29 is 23.8 Å². The van der Waals surface area contributed by atoms with E-state index in [1.54, 1.807) is 29.8 Å². The summed E-state index contributed by atoms with van der Waals surface area (Å²) in [6, 6.07) is 14.8. The molecule has 7 heteroatoms. The van der Waals surface area contributed by atoms with E-state index >= 15 is 0 Å². The zero-order valence-electron chi connectivity index (χ0n) is 47.3. The third-order valence-electron chi connectivity index (χ3n) is 18.1. The second kappa shape index (κ2) is 31.6. The first kappa shape index (κ1) is 58.9. The predicted molar refractivity (Wildman–Crippen MR) is 305 cm³/mol. The van der Waals surface area contributed by atoms with Crippen molar-refractivity contribution in [2.45, 2.75) is 247 Å². The van der Waals surface area contributed by atoms with Gasteiger partial charge >= 0.3 is 11.9 Å². The molecule has 0 radical (unpaired) electrons. The van der Waals surface area contributed by atoms with Gasteiger partial charge in [0.15, 0.2) is 0 Å².